The molecule has 2 rings (SSSR count). The van der Waals surface area contributed by atoms with Gasteiger partial charge in [0.2, 0.25) is 0 Å². The van der Waals surface area contributed by atoms with Gasteiger partial charge in [-0.25, -0.2) is 4.79 Å². The quantitative estimate of drug-likeness (QED) is 0.575. The summed E-state index contributed by atoms with van der Waals surface area (Å²) < 4.78 is 16.0. The van der Waals surface area contributed by atoms with Gasteiger partial charge < -0.3 is 14.2 Å². The molecular weight excluding hydrogens is 292 g/mol. The molecule has 23 heavy (non-hydrogen) atoms. The van der Waals surface area contributed by atoms with Gasteiger partial charge in [0, 0.05) is 6.08 Å². The molecule has 0 bridgehead atoms. The smallest absolute Gasteiger partial charge is 0.330 e. The lowest BCUT2D eigenvalue weighted by molar-refractivity contribution is -0.137. The second-order valence-corrected chi connectivity index (χ2v) is 4.77. The van der Waals surface area contributed by atoms with E-state index in [1.54, 1.807) is 20.1 Å². The van der Waals surface area contributed by atoms with E-state index in [9.17, 15) is 4.79 Å². The van der Waals surface area contributed by atoms with Gasteiger partial charge in [-0.05, 0) is 36.3 Å². The standard InChI is InChI=1S/C19H20O4/c1-3-22-19(20)12-10-15-9-11-17(18(13-15)21-2)23-14-16-7-5-4-6-8-16/h4-13H,3,14H2,1-2H3/b12-10+. The first-order valence-electron chi connectivity index (χ1n) is 7.42. The average molecular weight is 312 g/mol. The van der Waals surface area contributed by atoms with Crippen LogP contribution in [0.2, 0.25) is 0 Å². The van der Waals surface area contributed by atoms with Crippen molar-refractivity contribution in [2.24, 2.45) is 0 Å². The number of ether oxygens (including phenoxy) is 3. The van der Waals surface area contributed by atoms with Crippen molar-refractivity contribution in [3.63, 3.8) is 0 Å². The van der Waals surface area contributed by atoms with Crippen molar-refractivity contribution in [2.75, 3.05) is 13.7 Å². The third kappa shape index (κ3) is 5.18. The van der Waals surface area contributed by atoms with Crippen LogP contribution in [0, 0.1) is 0 Å². The summed E-state index contributed by atoms with van der Waals surface area (Å²) in [6.07, 6.45) is 3.07. The van der Waals surface area contributed by atoms with Crippen molar-refractivity contribution in [3.05, 3.63) is 65.7 Å². The molecule has 0 N–H and O–H groups in total. The molecular formula is C19H20O4. The molecule has 0 spiro atoms. The highest BCUT2D eigenvalue weighted by Crippen LogP contribution is 2.29. The van der Waals surface area contributed by atoms with Crippen LogP contribution in [0.15, 0.2) is 54.6 Å². The number of esters is 1. The molecule has 4 nitrogen and oxygen atoms in total. The minimum absolute atomic E-state index is 0.360. The molecule has 120 valence electrons. The third-order valence-corrected chi connectivity index (χ3v) is 3.12. The first kappa shape index (κ1) is 16.6. The van der Waals surface area contributed by atoms with Crippen LogP contribution in [-0.4, -0.2) is 19.7 Å². The predicted molar refractivity (Wildman–Crippen MR) is 89.4 cm³/mol. The highest BCUT2D eigenvalue weighted by molar-refractivity contribution is 5.87. The van der Waals surface area contributed by atoms with Crippen molar-refractivity contribution >= 4 is 12.0 Å². The van der Waals surface area contributed by atoms with Crippen LogP contribution < -0.4 is 9.47 Å². The zero-order valence-electron chi connectivity index (χ0n) is 13.3. The van der Waals surface area contributed by atoms with E-state index < -0.39 is 0 Å². The summed E-state index contributed by atoms with van der Waals surface area (Å²) in [6.45, 7) is 2.60. The van der Waals surface area contributed by atoms with Crippen molar-refractivity contribution in [3.8, 4) is 11.5 Å². The average Bonchev–Trinajstić information content (AvgIpc) is 2.59. The minimum atomic E-state index is -0.365. The lowest BCUT2D eigenvalue weighted by Crippen LogP contribution is -1.99. The lowest BCUT2D eigenvalue weighted by Gasteiger charge is -2.11. The molecule has 0 aliphatic heterocycles. The van der Waals surface area contributed by atoms with Gasteiger partial charge in [-0.2, -0.15) is 0 Å². The van der Waals surface area contributed by atoms with Crippen LogP contribution in [-0.2, 0) is 16.1 Å². The third-order valence-electron chi connectivity index (χ3n) is 3.12. The van der Waals surface area contributed by atoms with E-state index in [1.165, 1.54) is 6.08 Å². The molecule has 2 aromatic carbocycles. The first-order chi connectivity index (χ1) is 11.2. The molecule has 0 fully saturated rings. The van der Waals surface area contributed by atoms with Gasteiger partial charge in [0.25, 0.3) is 0 Å². The maximum absolute atomic E-state index is 11.3. The number of rotatable bonds is 7. The minimum Gasteiger partial charge on any atom is -0.493 e. The van der Waals surface area contributed by atoms with E-state index in [-0.39, 0.29) is 5.97 Å². The molecule has 0 amide bonds. The number of hydrogen-bond donors (Lipinski definition) is 0. The summed E-state index contributed by atoms with van der Waals surface area (Å²) in [6, 6.07) is 15.4. The number of methoxy groups -OCH3 is 1. The van der Waals surface area contributed by atoms with Crippen molar-refractivity contribution in [1.29, 1.82) is 0 Å². The summed E-state index contributed by atoms with van der Waals surface area (Å²) in [5.74, 6) is 0.910. The van der Waals surface area contributed by atoms with Crippen LogP contribution in [0.1, 0.15) is 18.1 Å². The Morgan fingerprint density at radius 3 is 2.57 bits per heavy atom. The molecule has 0 atom stereocenters. The molecule has 0 saturated heterocycles. The molecule has 0 aliphatic carbocycles. The number of carbonyl (C=O) groups is 1. The molecule has 0 saturated carbocycles. The highest BCUT2D eigenvalue weighted by Gasteiger charge is 2.05. The Bertz CT molecular complexity index is 662. The fourth-order valence-corrected chi connectivity index (χ4v) is 2.00. The van der Waals surface area contributed by atoms with Gasteiger partial charge in [0.1, 0.15) is 6.61 Å². The van der Waals surface area contributed by atoms with Gasteiger partial charge in [0.05, 0.1) is 13.7 Å². The molecule has 0 heterocycles. The van der Waals surface area contributed by atoms with Gasteiger partial charge in [0.15, 0.2) is 11.5 Å². The van der Waals surface area contributed by atoms with E-state index in [0.717, 1.165) is 11.1 Å². The van der Waals surface area contributed by atoms with E-state index in [2.05, 4.69) is 0 Å². The predicted octanol–water partition coefficient (Wildman–Crippen LogP) is 3.85. The largest absolute Gasteiger partial charge is 0.493 e. The molecule has 0 radical (unpaired) electrons. The monoisotopic (exact) mass is 312 g/mol. The maximum Gasteiger partial charge on any atom is 0.330 e. The summed E-state index contributed by atoms with van der Waals surface area (Å²) >= 11 is 0. The van der Waals surface area contributed by atoms with Crippen molar-refractivity contribution in [2.45, 2.75) is 13.5 Å². The van der Waals surface area contributed by atoms with Crippen molar-refractivity contribution < 1.29 is 19.0 Å². The van der Waals surface area contributed by atoms with Gasteiger partial charge >= 0.3 is 5.97 Å². The zero-order valence-corrected chi connectivity index (χ0v) is 13.3. The maximum atomic E-state index is 11.3. The Balaban J connectivity index is 2.05. The summed E-state index contributed by atoms with van der Waals surface area (Å²) in [5.41, 5.74) is 1.92. The van der Waals surface area contributed by atoms with Crippen molar-refractivity contribution in [1.82, 2.24) is 0 Å². The summed E-state index contributed by atoms with van der Waals surface area (Å²) in [5, 5.41) is 0. The zero-order chi connectivity index (χ0) is 16.5. The van der Waals surface area contributed by atoms with Gasteiger partial charge in [-0.3, -0.25) is 0 Å². The summed E-state index contributed by atoms with van der Waals surface area (Å²) in [7, 11) is 1.59. The number of carbonyl (C=O) groups excluding carboxylic acids is 1. The number of hydrogen-bond acceptors (Lipinski definition) is 4. The first-order valence-corrected chi connectivity index (χ1v) is 7.42. The highest BCUT2D eigenvalue weighted by atomic mass is 16.5. The fourth-order valence-electron chi connectivity index (χ4n) is 2.00. The summed E-state index contributed by atoms with van der Waals surface area (Å²) in [4.78, 5) is 11.3. The Morgan fingerprint density at radius 1 is 1.09 bits per heavy atom. The van der Waals surface area contributed by atoms with Gasteiger partial charge in [-0.15, -0.1) is 0 Å². The van der Waals surface area contributed by atoms with Crippen LogP contribution in [0.5, 0.6) is 11.5 Å². The van der Waals surface area contributed by atoms with E-state index in [1.807, 2.05) is 48.5 Å². The molecule has 0 unspecified atom stereocenters. The molecule has 4 heteroatoms. The Labute approximate surface area is 136 Å². The Hall–Kier alpha value is -2.75. The van der Waals surface area contributed by atoms with Crippen LogP contribution >= 0.6 is 0 Å². The lowest BCUT2D eigenvalue weighted by atomic mass is 10.2. The van der Waals surface area contributed by atoms with Crippen LogP contribution in [0.25, 0.3) is 6.08 Å². The second kappa shape index (κ2) is 8.63. The van der Waals surface area contributed by atoms with Crippen LogP contribution in [0.3, 0.4) is 0 Å². The Morgan fingerprint density at radius 2 is 1.87 bits per heavy atom. The SMILES string of the molecule is CCOC(=O)/C=C/c1ccc(OCc2ccccc2)c(OC)c1. The Kier molecular flexibility index (Phi) is 6.24. The molecule has 0 aromatic heterocycles. The second-order valence-electron chi connectivity index (χ2n) is 4.77. The van der Waals surface area contributed by atoms with E-state index in [4.69, 9.17) is 14.2 Å². The molecule has 2 aromatic rings. The van der Waals surface area contributed by atoms with Gasteiger partial charge in [-0.1, -0.05) is 36.4 Å². The normalized spacial score (nSPS) is 10.5. The van der Waals surface area contributed by atoms with E-state index >= 15 is 0 Å². The van der Waals surface area contributed by atoms with Crippen LogP contribution in [0.4, 0.5) is 0 Å². The topological polar surface area (TPSA) is 44.8 Å². The molecule has 0 aliphatic rings. The number of benzene rings is 2. The fraction of sp³-hybridized carbons (Fsp3) is 0.211. The van der Waals surface area contributed by atoms with E-state index in [0.29, 0.717) is 24.7 Å².